The number of carbonyl (C=O) groups excluding carboxylic acids is 1. The van der Waals surface area contributed by atoms with Crippen molar-refractivity contribution >= 4 is 16.9 Å². The zero-order valence-corrected chi connectivity index (χ0v) is 16.6. The number of H-pyrrole nitrogens is 1. The summed E-state index contributed by atoms with van der Waals surface area (Å²) in [5.41, 5.74) is 0.0255. The molecule has 150 valence electrons. The van der Waals surface area contributed by atoms with Crippen molar-refractivity contribution in [3.63, 3.8) is 0 Å². The number of hydrogen-bond donors (Lipinski definition) is 1. The fraction of sp³-hybridized carbons (Fsp3) is 0.600. The van der Waals surface area contributed by atoms with E-state index in [1.165, 1.54) is 4.57 Å². The van der Waals surface area contributed by atoms with Gasteiger partial charge in [-0.15, -0.1) is 0 Å². The minimum Gasteiger partial charge on any atom is -0.381 e. The van der Waals surface area contributed by atoms with Gasteiger partial charge < -0.3 is 9.64 Å². The lowest BCUT2D eigenvalue weighted by Crippen LogP contribution is -2.50. The minimum atomic E-state index is -0.573. The first-order chi connectivity index (χ1) is 13.4. The number of aromatic nitrogens is 3. The van der Waals surface area contributed by atoms with Gasteiger partial charge in [0.1, 0.15) is 5.65 Å². The first-order valence-electron chi connectivity index (χ1n) is 9.79. The molecule has 2 aromatic heterocycles. The topological polar surface area (TPSA) is 97.3 Å². The first-order valence-corrected chi connectivity index (χ1v) is 9.79. The van der Waals surface area contributed by atoms with Crippen LogP contribution in [0.15, 0.2) is 15.7 Å². The Balaban J connectivity index is 1.78. The van der Waals surface area contributed by atoms with Gasteiger partial charge in [0, 0.05) is 38.4 Å². The summed E-state index contributed by atoms with van der Waals surface area (Å²) in [6.07, 6.45) is 5.34. The number of fused-ring (bicyclic) bond motifs is 1. The van der Waals surface area contributed by atoms with Crippen LogP contribution in [0.2, 0.25) is 0 Å². The highest BCUT2D eigenvalue weighted by atomic mass is 16.5. The zero-order chi connectivity index (χ0) is 20.1. The number of rotatable bonds is 2. The van der Waals surface area contributed by atoms with Crippen LogP contribution in [0, 0.1) is 12.3 Å². The molecule has 28 heavy (non-hydrogen) atoms. The largest absolute Gasteiger partial charge is 0.381 e. The molecule has 2 atom stereocenters. The van der Waals surface area contributed by atoms with Crippen molar-refractivity contribution in [2.45, 2.75) is 45.1 Å². The second-order valence-electron chi connectivity index (χ2n) is 8.14. The molecule has 0 radical (unpaired) electrons. The average molecular weight is 386 g/mol. The molecule has 1 amide bonds. The van der Waals surface area contributed by atoms with E-state index in [4.69, 9.17) is 4.74 Å². The predicted octanol–water partition coefficient (Wildman–Crippen LogP) is 1.35. The molecule has 8 heteroatoms. The molecule has 2 aromatic rings. The number of nitrogens with zero attached hydrogens (tertiary/aromatic N) is 3. The number of pyridine rings is 1. The zero-order valence-electron chi connectivity index (χ0n) is 16.6. The van der Waals surface area contributed by atoms with Crippen LogP contribution in [-0.2, 0) is 11.8 Å². The van der Waals surface area contributed by atoms with Gasteiger partial charge in [0.25, 0.3) is 11.5 Å². The van der Waals surface area contributed by atoms with Crippen molar-refractivity contribution in [1.29, 1.82) is 0 Å². The summed E-state index contributed by atoms with van der Waals surface area (Å²) in [5.74, 6) is -0.180. The molecule has 2 fully saturated rings. The third-order valence-electron chi connectivity index (χ3n) is 6.43. The number of likely N-dealkylation sites (tertiary alicyclic amines) is 1. The Morgan fingerprint density at radius 3 is 2.82 bits per heavy atom. The van der Waals surface area contributed by atoms with Crippen LogP contribution < -0.4 is 11.2 Å². The summed E-state index contributed by atoms with van der Waals surface area (Å²) in [6, 6.07) is 1.65. The molecule has 1 saturated heterocycles. The van der Waals surface area contributed by atoms with Crippen molar-refractivity contribution in [2.24, 2.45) is 12.5 Å². The number of methoxy groups -OCH3 is 1. The van der Waals surface area contributed by atoms with Gasteiger partial charge in [-0.3, -0.25) is 19.1 Å². The summed E-state index contributed by atoms with van der Waals surface area (Å²) >= 11 is 0. The molecular formula is C20H26N4O4. The summed E-state index contributed by atoms with van der Waals surface area (Å²) in [4.78, 5) is 46.4. The molecular weight excluding hydrogens is 360 g/mol. The second kappa shape index (κ2) is 6.84. The smallest absolute Gasteiger partial charge is 0.329 e. The average Bonchev–Trinajstić information content (AvgIpc) is 3.06. The SMILES string of the molecule is CO[C@@H]1CCC[C@@]12CCCN(C(=O)c1cc(C)nc3c1c(=O)[nH]c(=O)n3C)C2. The lowest BCUT2D eigenvalue weighted by Gasteiger charge is -2.43. The van der Waals surface area contributed by atoms with E-state index in [0.29, 0.717) is 24.3 Å². The van der Waals surface area contributed by atoms with Crippen molar-refractivity contribution in [1.82, 2.24) is 19.4 Å². The fourth-order valence-electron chi connectivity index (χ4n) is 5.08. The van der Waals surface area contributed by atoms with Crippen LogP contribution in [0.5, 0.6) is 0 Å². The Bertz CT molecular complexity index is 1060. The van der Waals surface area contributed by atoms with Crippen LogP contribution in [-0.4, -0.2) is 51.6 Å². The Morgan fingerprint density at radius 2 is 2.07 bits per heavy atom. The van der Waals surface area contributed by atoms with Gasteiger partial charge in [0.15, 0.2) is 0 Å². The molecule has 2 aliphatic rings. The molecule has 4 rings (SSSR count). The van der Waals surface area contributed by atoms with E-state index in [-0.39, 0.29) is 28.5 Å². The molecule has 0 unspecified atom stereocenters. The van der Waals surface area contributed by atoms with Crippen LogP contribution in [0.1, 0.15) is 48.2 Å². The van der Waals surface area contributed by atoms with Gasteiger partial charge >= 0.3 is 5.69 Å². The highest BCUT2D eigenvalue weighted by Crippen LogP contribution is 2.46. The molecule has 1 spiro atoms. The summed E-state index contributed by atoms with van der Waals surface area (Å²) < 4.78 is 7.01. The van der Waals surface area contributed by atoms with Gasteiger partial charge in [-0.05, 0) is 38.7 Å². The Morgan fingerprint density at radius 1 is 1.32 bits per heavy atom. The third kappa shape index (κ3) is 2.87. The molecule has 3 heterocycles. The maximum absolute atomic E-state index is 13.5. The van der Waals surface area contributed by atoms with Crippen LogP contribution in [0.25, 0.3) is 11.0 Å². The Kier molecular flexibility index (Phi) is 4.61. The maximum Gasteiger partial charge on any atom is 0.329 e. The van der Waals surface area contributed by atoms with Crippen LogP contribution >= 0.6 is 0 Å². The lowest BCUT2D eigenvalue weighted by atomic mass is 9.76. The summed E-state index contributed by atoms with van der Waals surface area (Å²) in [5, 5.41) is 0.173. The molecule has 1 aliphatic carbocycles. The molecule has 0 bridgehead atoms. The number of ether oxygens (including phenoxy) is 1. The van der Waals surface area contributed by atoms with E-state index in [9.17, 15) is 14.4 Å². The quantitative estimate of drug-likeness (QED) is 0.840. The third-order valence-corrected chi connectivity index (χ3v) is 6.43. The first kappa shape index (κ1) is 18.9. The fourth-order valence-corrected chi connectivity index (χ4v) is 5.08. The van der Waals surface area contributed by atoms with Crippen molar-refractivity contribution in [3.05, 3.63) is 38.2 Å². The second-order valence-corrected chi connectivity index (χ2v) is 8.14. The Hall–Kier alpha value is -2.48. The summed E-state index contributed by atoms with van der Waals surface area (Å²) in [7, 11) is 3.29. The lowest BCUT2D eigenvalue weighted by molar-refractivity contribution is -0.0295. The maximum atomic E-state index is 13.5. The highest BCUT2D eigenvalue weighted by molar-refractivity contribution is 6.05. The van der Waals surface area contributed by atoms with Gasteiger partial charge in [-0.2, -0.15) is 0 Å². The number of piperidine rings is 1. The highest BCUT2D eigenvalue weighted by Gasteiger charge is 2.46. The van der Waals surface area contributed by atoms with Gasteiger partial charge in [-0.25, -0.2) is 9.78 Å². The number of amides is 1. The van der Waals surface area contributed by atoms with E-state index in [0.717, 1.165) is 32.1 Å². The minimum absolute atomic E-state index is 0.000185. The number of hydrogen-bond acceptors (Lipinski definition) is 5. The normalized spacial score (nSPS) is 25.0. The van der Waals surface area contributed by atoms with Gasteiger partial charge in [-0.1, -0.05) is 6.42 Å². The molecule has 1 aliphatic heterocycles. The van der Waals surface area contributed by atoms with Crippen molar-refractivity contribution < 1.29 is 9.53 Å². The van der Waals surface area contributed by atoms with Gasteiger partial charge in [0.2, 0.25) is 0 Å². The van der Waals surface area contributed by atoms with Crippen LogP contribution in [0.4, 0.5) is 0 Å². The van der Waals surface area contributed by atoms with E-state index in [2.05, 4.69) is 9.97 Å². The molecule has 1 N–H and O–H groups in total. The number of aryl methyl sites for hydroxylation is 2. The standard InChI is InChI=1S/C20H26N4O4/c1-12-10-13(15-16(21-12)23(2)19(27)22-17(15)25)18(26)24-9-5-8-20(11-24)7-4-6-14(20)28-3/h10,14H,4-9,11H2,1-3H3,(H,22,25,27)/t14-,20+/m1/s1. The van der Waals surface area contributed by atoms with E-state index >= 15 is 0 Å². The molecule has 0 aromatic carbocycles. The number of carbonyl (C=O) groups is 1. The van der Waals surface area contributed by atoms with Gasteiger partial charge in [0.05, 0.1) is 17.1 Å². The Labute approximate surface area is 162 Å². The summed E-state index contributed by atoms with van der Waals surface area (Å²) in [6.45, 7) is 3.05. The van der Waals surface area contributed by atoms with E-state index in [1.807, 2.05) is 4.90 Å². The van der Waals surface area contributed by atoms with E-state index < -0.39 is 11.2 Å². The van der Waals surface area contributed by atoms with Crippen molar-refractivity contribution in [3.8, 4) is 0 Å². The predicted molar refractivity (Wildman–Crippen MR) is 105 cm³/mol. The van der Waals surface area contributed by atoms with E-state index in [1.54, 1.807) is 27.1 Å². The van der Waals surface area contributed by atoms with Crippen molar-refractivity contribution in [2.75, 3.05) is 20.2 Å². The molecule has 8 nitrogen and oxygen atoms in total. The number of nitrogens with one attached hydrogen (secondary N) is 1. The molecule has 1 saturated carbocycles. The monoisotopic (exact) mass is 386 g/mol. The van der Waals surface area contributed by atoms with Crippen LogP contribution in [0.3, 0.4) is 0 Å². The number of aromatic amines is 1.